The molecule has 0 spiro atoms. The minimum absolute atomic E-state index is 0.0693. The topological polar surface area (TPSA) is 79.3 Å². The summed E-state index contributed by atoms with van der Waals surface area (Å²) in [6, 6.07) is 23.0. The molecule has 38 heavy (non-hydrogen) atoms. The number of hydrogen-bond acceptors (Lipinski definition) is 3. The molecule has 0 saturated heterocycles. The monoisotopic (exact) mass is 513 g/mol. The van der Waals surface area contributed by atoms with Crippen LogP contribution in [-0.2, 0) is 4.79 Å². The van der Waals surface area contributed by atoms with Gasteiger partial charge in [0.1, 0.15) is 18.2 Å². The molecule has 0 atom stereocenters. The van der Waals surface area contributed by atoms with Gasteiger partial charge in [-0.3, -0.25) is 4.79 Å². The maximum atomic E-state index is 14.1. The van der Waals surface area contributed by atoms with Crippen molar-refractivity contribution in [1.82, 2.24) is 14.7 Å². The Hall–Kier alpha value is -4.46. The SMILES string of the molecule is CCCCN(CC(=O)Nc1cc(-c2ccccc2)nn1-c1ccc(C)cc1C)C(=O)Nc1ccccc1F. The molecule has 0 bridgehead atoms. The smallest absolute Gasteiger partial charge is 0.315 e. The fourth-order valence-corrected chi connectivity index (χ4v) is 4.16. The third kappa shape index (κ3) is 6.45. The zero-order valence-corrected chi connectivity index (χ0v) is 21.9. The molecule has 0 aliphatic carbocycles. The average Bonchev–Trinajstić information content (AvgIpc) is 3.31. The summed E-state index contributed by atoms with van der Waals surface area (Å²) in [4.78, 5) is 27.6. The zero-order valence-electron chi connectivity index (χ0n) is 21.9. The minimum Gasteiger partial charge on any atom is -0.315 e. The maximum Gasteiger partial charge on any atom is 0.322 e. The average molecular weight is 514 g/mol. The van der Waals surface area contributed by atoms with Gasteiger partial charge < -0.3 is 15.5 Å². The lowest BCUT2D eigenvalue weighted by molar-refractivity contribution is -0.116. The molecule has 7 nitrogen and oxygen atoms in total. The van der Waals surface area contributed by atoms with Crippen LogP contribution < -0.4 is 10.6 Å². The van der Waals surface area contributed by atoms with Gasteiger partial charge in [-0.2, -0.15) is 5.10 Å². The van der Waals surface area contributed by atoms with Crippen molar-refractivity contribution in [2.24, 2.45) is 0 Å². The summed E-state index contributed by atoms with van der Waals surface area (Å²) in [6.07, 6.45) is 1.54. The van der Waals surface area contributed by atoms with E-state index in [0.717, 1.165) is 28.8 Å². The van der Waals surface area contributed by atoms with E-state index in [9.17, 15) is 14.0 Å². The van der Waals surface area contributed by atoms with Crippen molar-refractivity contribution < 1.29 is 14.0 Å². The number of nitrogens with zero attached hydrogens (tertiary/aromatic N) is 3. The predicted octanol–water partition coefficient (Wildman–Crippen LogP) is 6.57. The van der Waals surface area contributed by atoms with Gasteiger partial charge in [-0.15, -0.1) is 0 Å². The number of aromatic nitrogens is 2. The number of rotatable bonds is 9. The Balaban J connectivity index is 1.59. The fourth-order valence-electron chi connectivity index (χ4n) is 4.16. The van der Waals surface area contributed by atoms with Crippen LogP contribution in [0.25, 0.3) is 16.9 Å². The first-order valence-electron chi connectivity index (χ1n) is 12.7. The Labute approximate surface area is 222 Å². The van der Waals surface area contributed by atoms with Crippen LogP contribution in [0, 0.1) is 19.7 Å². The van der Waals surface area contributed by atoms with E-state index in [1.807, 2.05) is 69.3 Å². The van der Waals surface area contributed by atoms with Crippen LogP contribution in [0.3, 0.4) is 0 Å². The number of urea groups is 1. The molecule has 2 N–H and O–H groups in total. The van der Waals surface area contributed by atoms with Crippen LogP contribution in [0.15, 0.2) is 78.9 Å². The highest BCUT2D eigenvalue weighted by Crippen LogP contribution is 2.26. The van der Waals surface area contributed by atoms with Gasteiger partial charge in [0, 0.05) is 18.2 Å². The first kappa shape index (κ1) is 26.6. The second kappa shape index (κ2) is 12.2. The van der Waals surface area contributed by atoms with Gasteiger partial charge in [-0.1, -0.05) is 73.5 Å². The lowest BCUT2D eigenvalue weighted by Crippen LogP contribution is -2.41. The van der Waals surface area contributed by atoms with Crippen molar-refractivity contribution in [2.45, 2.75) is 33.6 Å². The van der Waals surface area contributed by atoms with Crippen LogP contribution in [-0.4, -0.2) is 39.7 Å². The summed E-state index contributed by atoms with van der Waals surface area (Å²) in [5.74, 6) is -0.423. The van der Waals surface area contributed by atoms with E-state index in [2.05, 4.69) is 16.7 Å². The Morgan fingerprint density at radius 2 is 1.68 bits per heavy atom. The highest BCUT2D eigenvalue weighted by atomic mass is 19.1. The highest BCUT2D eigenvalue weighted by Gasteiger charge is 2.20. The Bertz CT molecular complexity index is 1420. The quantitative estimate of drug-likeness (QED) is 0.266. The van der Waals surface area contributed by atoms with E-state index in [0.29, 0.717) is 24.5 Å². The molecule has 0 unspecified atom stereocenters. The molecule has 0 aliphatic heterocycles. The normalized spacial score (nSPS) is 10.7. The van der Waals surface area contributed by atoms with Gasteiger partial charge in [0.2, 0.25) is 5.91 Å². The van der Waals surface area contributed by atoms with Gasteiger partial charge in [-0.05, 0) is 44.0 Å². The van der Waals surface area contributed by atoms with Crippen molar-refractivity contribution in [2.75, 3.05) is 23.7 Å². The summed E-state index contributed by atoms with van der Waals surface area (Å²) in [7, 11) is 0. The summed E-state index contributed by atoms with van der Waals surface area (Å²) < 4.78 is 15.8. The van der Waals surface area contributed by atoms with E-state index < -0.39 is 11.8 Å². The molecular formula is C30H32FN5O2. The van der Waals surface area contributed by atoms with Gasteiger partial charge in [-0.25, -0.2) is 13.9 Å². The second-order valence-electron chi connectivity index (χ2n) is 9.22. The Morgan fingerprint density at radius 1 is 0.947 bits per heavy atom. The van der Waals surface area contributed by atoms with Crippen LogP contribution in [0.4, 0.5) is 20.7 Å². The summed E-state index contributed by atoms with van der Waals surface area (Å²) >= 11 is 0. The van der Waals surface area contributed by atoms with Gasteiger partial charge in [0.05, 0.1) is 17.1 Å². The van der Waals surface area contributed by atoms with E-state index >= 15 is 0 Å². The molecule has 0 saturated carbocycles. The number of carbonyl (C=O) groups is 2. The zero-order chi connectivity index (χ0) is 27.1. The number of nitrogens with one attached hydrogen (secondary N) is 2. The largest absolute Gasteiger partial charge is 0.322 e. The summed E-state index contributed by atoms with van der Waals surface area (Å²) in [5.41, 5.74) is 4.67. The number of halogens is 1. The van der Waals surface area contributed by atoms with Crippen molar-refractivity contribution in [3.63, 3.8) is 0 Å². The van der Waals surface area contributed by atoms with Crippen molar-refractivity contribution in [3.05, 3.63) is 95.8 Å². The molecule has 4 aromatic rings. The molecule has 3 aromatic carbocycles. The molecule has 0 fully saturated rings. The summed E-state index contributed by atoms with van der Waals surface area (Å²) in [6.45, 7) is 6.18. The maximum absolute atomic E-state index is 14.1. The van der Waals surface area contributed by atoms with E-state index in [1.165, 1.54) is 17.0 Å². The van der Waals surface area contributed by atoms with Gasteiger partial charge >= 0.3 is 6.03 Å². The standard InChI is InChI=1S/C30H32FN5O2/c1-4-5-17-35(30(38)32-25-14-10-9-13-24(25)31)20-29(37)33-28-19-26(23-11-7-6-8-12-23)34-36(28)27-16-15-21(2)18-22(27)3/h6-16,18-19H,4-5,17,20H2,1-3H3,(H,32,38)(H,33,37). The van der Waals surface area contributed by atoms with Crippen molar-refractivity contribution >= 4 is 23.4 Å². The lowest BCUT2D eigenvalue weighted by Gasteiger charge is -2.23. The van der Waals surface area contributed by atoms with Crippen molar-refractivity contribution in [3.8, 4) is 16.9 Å². The molecule has 0 radical (unpaired) electrons. The third-order valence-electron chi connectivity index (χ3n) is 6.15. The number of unbranched alkanes of at least 4 members (excludes halogenated alkanes) is 1. The molecule has 0 aliphatic rings. The number of aryl methyl sites for hydroxylation is 2. The molecule has 8 heteroatoms. The molecule has 196 valence electrons. The summed E-state index contributed by atoms with van der Waals surface area (Å²) in [5, 5.41) is 10.3. The van der Waals surface area contributed by atoms with E-state index in [4.69, 9.17) is 5.10 Å². The van der Waals surface area contributed by atoms with Crippen LogP contribution in [0.2, 0.25) is 0 Å². The number of para-hydroxylation sites is 1. The second-order valence-corrected chi connectivity index (χ2v) is 9.22. The van der Waals surface area contributed by atoms with Gasteiger partial charge in [0.25, 0.3) is 0 Å². The number of anilines is 2. The number of hydrogen-bond donors (Lipinski definition) is 2. The first-order chi connectivity index (χ1) is 18.4. The third-order valence-corrected chi connectivity index (χ3v) is 6.15. The van der Waals surface area contributed by atoms with Crippen LogP contribution in [0.5, 0.6) is 0 Å². The lowest BCUT2D eigenvalue weighted by atomic mass is 10.1. The molecule has 4 rings (SSSR count). The molecular weight excluding hydrogens is 481 g/mol. The van der Waals surface area contributed by atoms with Crippen LogP contribution >= 0.6 is 0 Å². The predicted molar refractivity (Wildman–Crippen MR) is 149 cm³/mol. The Kier molecular flexibility index (Phi) is 8.53. The van der Waals surface area contributed by atoms with E-state index in [1.54, 1.807) is 16.8 Å². The van der Waals surface area contributed by atoms with E-state index in [-0.39, 0.29) is 18.1 Å². The first-order valence-corrected chi connectivity index (χ1v) is 12.7. The molecule has 3 amide bonds. The number of benzene rings is 3. The van der Waals surface area contributed by atoms with Gasteiger partial charge in [0.15, 0.2) is 0 Å². The van der Waals surface area contributed by atoms with Crippen LogP contribution in [0.1, 0.15) is 30.9 Å². The number of amides is 3. The molecule has 1 heterocycles. The number of carbonyl (C=O) groups excluding carboxylic acids is 2. The van der Waals surface area contributed by atoms with Crippen molar-refractivity contribution in [1.29, 1.82) is 0 Å². The minimum atomic E-state index is -0.536. The fraction of sp³-hybridized carbons (Fsp3) is 0.233. The molecule has 1 aromatic heterocycles. The Morgan fingerprint density at radius 3 is 2.39 bits per heavy atom. The highest BCUT2D eigenvalue weighted by molar-refractivity contribution is 5.97.